The number of carboxylic acids is 1. The van der Waals surface area contributed by atoms with Gasteiger partial charge in [-0.15, -0.1) is 10.2 Å². The summed E-state index contributed by atoms with van der Waals surface area (Å²) in [6.07, 6.45) is 7.77. The van der Waals surface area contributed by atoms with Crippen LogP contribution in [-0.4, -0.2) is 38.3 Å². The molecule has 1 aliphatic heterocycles. The molecule has 2 atom stereocenters. The van der Waals surface area contributed by atoms with Gasteiger partial charge in [0.05, 0.1) is 11.8 Å². The van der Waals surface area contributed by atoms with Crippen molar-refractivity contribution >= 4 is 12.2 Å². The Morgan fingerprint density at radius 3 is 2.90 bits per heavy atom. The topological polar surface area (TPSA) is 89.6 Å². The summed E-state index contributed by atoms with van der Waals surface area (Å²) in [4.78, 5) is 11.0. The molecule has 106 valence electrons. The molecule has 7 heteroatoms. The Bertz CT molecular complexity index is 694. The lowest BCUT2D eigenvalue weighted by molar-refractivity contribution is 0.0696. The Kier molecular flexibility index (Phi) is 3.57. The van der Waals surface area contributed by atoms with Gasteiger partial charge in [0.1, 0.15) is 24.9 Å². The van der Waals surface area contributed by atoms with Crippen molar-refractivity contribution in [1.29, 1.82) is 0 Å². The van der Waals surface area contributed by atoms with E-state index in [1.807, 2.05) is 18.2 Å². The molecule has 0 saturated heterocycles. The number of carbonyl (C=O) groups is 1. The molecule has 1 aliphatic rings. The lowest BCUT2D eigenvalue weighted by atomic mass is 10.1. The maximum atomic E-state index is 11.0. The first kappa shape index (κ1) is 13.2. The summed E-state index contributed by atoms with van der Waals surface area (Å²) in [6.45, 7) is 0. The van der Waals surface area contributed by atoms with Crippen LogP contribution in [0.15, 0.2) is 54.2 Å². The minimum absolute atomic E-state index is 0.242. The molecule has 3 rings (SSSR count). The first-order valence-corrected chi connectivity index (χ1v) is 6.28. The molecular formula is C14H12N4O3. The number of aromatic carboxylic acids is 1. The van der Waals surface area contributed by atoms with Crippen molar-refractivity contribution < 1.29 is 14.6 Å². The monoisotopic (exact) mass is 284 g/mol. The van der Waals surface area contributed by atoms with Crippen LogP contribution < -0.4 is 0 Å². The van der Waals surface area contributed by atoms with Gasteiger partial charge in [0, 0.05) is 0 Å². The van der Waals surface area contributed by atoms with E-state index in [-0.39, 0.29) is 17.8 Å². The first-order chi connectivity index (χ1) is 10.2. The smallest absolute Gasteiger partial charge is 0.335 e. The Balaban J connectivity index is 1.69. The predicted molar refractivity (Wildman–Crippen MR) is 74.1 cm³/mol. The van der Waals surface area contributed by atoms with Crippen LogP contribution in [0.25, 0.3) is 0 Å². The molecule has 0 bridgehead atoms. The van der Waals surface area contributed by atoms with E-state index in [2.05, 4.69) is 15.3 Å². The fourth-order valence-corrected chi connectivity index (χ4v) is 1.99. The zero-order valence-corrected chi connectivity index (χ0v) is 10.9. The maximum absolute atomic E-state index is 11.0. The van der Waals surface area contributed by atoms with Crippen LogP contribution in [-0.2, 0) is 4.74 Å². The van der Waals surface area contributed by atoms with Gasteiger partial charge >= 0.3 is 5.97 Å². The fourth-order valence-electron chi connectivity index (χ4n) is 1.99. The number of nitrogens with zero attached hydrogens (tertiary/aromatic N) is 4. The van der Waals surface area contributed by atoms with Gasteiger partial charge in [-0.25, -0.2) is 9.47 Å². The first-order valence-electron chi connectivity index (χ1n) is 6.28. The van der Waals surface area contributed by atoms with Gasteiger partial charge in [-0.05, 0) is 17.7 Å². The number of ether oxygens (including phenoxy) is 1. The highest BCUT2D eigenvalue weighted by molar-refractivity contribution is 5.87. The molecular weight excluding hydrogens is 272 g/mol. The van der Waals surface area contributed by atoms with Crippen LogP contribution in [0.5, 0.6) is 0 Å². The SMILES string of the molecule is O=C(O)c1cccc(C2C=CC(/C=N\n3cnnc3)O2)c1. The van der Waals surface area contributed by atoms with E-state index in [0.717, 1.165) is 5.56 Å². The summed E-state index contributed by atoms with van der Waals surface area (Å²) in [5.41, 5.74) is 1.04. The zero-order chi connectivity index (χ0) is 14.7. The molecule has 1 N–H and O–H groups in total. The second kappa shape index (κ2) is 5.68. The summed E-state index contributed by atoms with van der Waals surface area (Å²) in [5, 5.41) is 20.4. The number of hydrogen-bond donors (Lipinski definition) is 1. The van der Waals surface area contributed by atoms with E-state index >= 15 is 0 Å². The molecule has 1 aromatic carbocycles. The van der Waals surface area contributed by atoms with Crippen LogP contribution in [0, 0.1) is 0 Å². The van der Waals surface area contributed by atoms with Crippen molar-refractivity contribution in [2.75, 3.05) is 0 Å². The molecule has 2 unspecified atom stereocenters. The lowest BCUT2D eigenvalue weighted by Gasteiger charge is -2.12. The van der Waals surface area contributed by atoms with Gasteiger partial charge in [0.25, 0.3) is 0 Å². The highest BCUT2D eigenvalue weighted by Crippen LogP contribution is 2.26. The van der Waals surface area contributed by atoms with E-state index < -0.39 is 5.97 Å². The standard InChI is InChI=1S/C14H12N4O3/c19-14(20)11-3-1-2-10(6-11)13-5-4-12(21-13)7-17-18-8-15-16-9-18/h1-9,12-13H,(H,19,20)/b17-7-. The van der Waals surface area contributed by atoms with Crippen LogP contribution in [0.4, 0.5) is 0 Å². The summed E-state index contributed by atoms with van der Waals surface area (Å²) in [6, 6.07) is 6.70. The van der Waals surface area contributed by atoms with Crippen molar-refractivity contribution in [1.82, 2.24) is 14.9 Å². The van der Waals surface area contributed by atoms with E-state index in [1.54, 1.807) is 24.4 Å². The third-order valence-corrected chi connectivity index (χ3v) is 2.99. The summed E-state index contributed by atoms with van der Waals surface area (Å²) in [7, 11) is 0. The van der Waals surface area contributed by atoms with Gasteiger partial charge in [-0.2, -0.15) is 5.10 Å². The second-order valence-electron chi connectivity index (χ2n) is 4.44. The molecule has 2 heterocycles. The predicted octanol–water partition coefficient (Wildman–Crippen LogP) is 1.51. The molecule has 0 radical (unpaired) electrons. The van der Waals surface area contributed by atoms with Crippen LogP contribution in [0.3, 0.4) is 0 Å². The van der Waals surface area contributed by atoms with Crippen molar-refractivity contribution in [2.45, 2.75) is 12.2 Å². The average molecular weight is 284 g/mol. The van der Waals surface area contributed by atoms with E-state index in [4.69, 9.17) is 9.84 Å². The van der Waals surface area contributed by atoms with Gasteiger partial charge in [0.15, 0.2) is 0 Å². The Hall–Kier alpha value is -2.80. The van der Waals surface area contributed by atoms with Crippen LogP contribution >= 0.6 is 0 Å². The molecule has 0 fully saturated rings. The highest BCUT2D eigenvalue weighted by Gasteiger charge is 2.20. The zero-order valence-electron chi connectivity index (χ0n) is 10.9. The minimum Gasteiger partial charge on any atom is -0.478 e. The summed E-state index contributed by atoms with van der Waals surface area (Å²) in [5.74, 6) is -0.954. The molecule has 21 heavy (non-hydrogen) atoms. The van der Waals surface area contributed by atoms with Crippen LogP contribution in [0.1, 0.15) is 22.0 Å². The molecule has 1 aromatic heterocycles. The van der Waals surface area contributed by atoms with Crippen molar-refractivity contribution in [2.24, 2.45) is 5.10 Å². The molecule has 0 amide bonds. The number of rotatable bonds is 4. The third kappa shape index (κ3) is 3.03. The number of hydrogen-bond acceptors (Lipinski definition) is 5. The molecule has 0 saturated carbocycles. The number of benzene rings is 1. The van der Waals surface area contributed by atoms with E-state index in [9.17, 15) is 4.79 Å². The molecule has 2 aromatic rings. The fraction of sp³-hybridized carbons (Fsp3) is 0.143. The third-order valence-electron chi connectivity index (χ3n) is 2.99. The molecule has 7 nitrogen and oxygen atoms in total. The van der Waals surface area contributed by atoms with Gasteiger partial charge in [0.2, 0.25) is 0 Å². The Labute approximate surface area is 120 Å². The van der Waals surface area contributed by atoms with Gasteiger partial charge in [-0.1, -0.05) is 24.3 Å². The van der Waals surface area contributed by atoms with E-state index in [1.165, 1.54) is 17.3 Å². The van der Waals surface area contributed by atoms with Crippen molar-refractivity contribution in [3.8, 4) is 0 Å². The second-order valence-corrected chi connectivity index (χ2v) is 4.44. The minimum atomic E-state index is -0.954. The van der Waals surface area contributed by atoms with Gasteiger partial charge in [-0.3, -0.25) is 0 Å². The Morgan fingerprint density at radius 1 is 1.33 bits per heavy atom. The van der Waals surface area contributed by atoms with Crippen molar-refractivity contribution in [3.05, 3.63) is 60.2 Å². The Morgan fingerprint density at radius 2 is 2.14 bits per heavy atom. The van der Waals surface area contributed by atoms with E-state index in [0.29, 0.717) is 0 Å². The normalized spacial score (nSPS) is 21.1. The number of carboxylic acid groups (broad SMARTS) is 1. The highest BCUT2D eigenvalue weighted by atomic mass is 16.5. The molecule has 0 aliphatic carbocycles. The van der Waals surface area contributed by atoms with Gasteiger partial charge < -0.3 is 9.84 Å². The van der Waals surface area contributed by atoms with Crippen LogP contribution in [0.2, 0.25) is 0 Å². The lowest BCUT2D eigenvalue weighted by Crippen LogP contribution is -2.10. The van der Waals surface area contributed by atoms with Crippen molar-refractivity contribution in [3.63, 3.8) is 0 Å². The quantitative estimate of drug-likeness (QED) is 0.679. The molecule has 0 spiro atoms. The number of aromatic nitrogens is 3. The summed E-state index contributed by atoms with van der Waals surface area (Å²) < 4.78 is 7.24. The largest absolute Gasteiger partial charge is 0.478 e. The summed E-state index contributed by atoms with van der Waals surface area (Å²) >= 11 is 0. The average Bonchev–Trinajstić information content (AvgIpc) is 3.17. The maximum Gasteiger partial charge on any atom is 0.335 e.